The van der Waals surface area contributed by atoms with E-state index in [0.717, 1.165) is 15.9 Å². The number of carbonyl (C=O) groups excluding carboxylic acids is 1. The molecule has 1 heterocycles. The van der Waals surface area contributed by atoms with Gasteiger partial charge in [0.05, 0.1) is 12.3 Å². The van der Waals surface area contributed by atoms with Gasteiger partial charge in [0, 0.05) is 4.47 Å². The zero-order valence-electron chi connectivity index (χ0n) is 11.8. The summed E-state index contributed by atoms with van der Waals surface area (Å²) in [6.45, 7) is 4.06. The van der Waals surface area contributed by atoms with Crippen molar-refractivity contribution in [2.75, 3.05) is 18.1 Å². The predicted molar refractivity (Wildman–Crippen MR) is 88.0 cm³/mol. The number of nitrogens with two attached hydrogens (primary N) is 1. The van der Waals surface area contributed by atoms with Crippen molar-refractivity contribution < 1.29 is 9.53 Å². The highest BCUT2D eigenvalue weighted by Crippen LogP contribution is 2.29. The van der Waals surface area contributed by atoms with Crippen LogP contribution in [0.15, 0.2) is 33.8 Å². The lowest BCUT2D eigenvalue weighted by atomic mass is 10.3. The van der Waals surface area contributed by atoms with Gasteiger partial charge in [0.25, 0.3) is 0 Å². The normalized spacial score (nSPS) is 10.6. The van der Waals surface area contributed by atoms with Crippen molar-refractivity contribution in [3.8, 4) is 5.69 Å². The maximum absolute atomic E-state index is 12.1. The van der Waals surface area contributed by atoms with Gasteiger partial charge in [0.1, 0.15) is 16.4 Å². The quantitative estimate of drug-likeness (QED) is 0.644. The first-order valence-corrected chi connectivity index (χ1v) is 8.30. The second-order valence-electron chi connectivity index (χ2n) is 4.11. The molecule has 0 spiro atoms. The van der Waals surface area contributed by atoms with Crippen molar-refractivity contribution in [2.45, 2.75) is 18.9 Å². The number of benzene rings is 1. The molecule has 0 saturated carbocycles. The molecule has 0 atom stereocenters. The lowest BCUT2D eigenvalue weighted by molar-refractivity contribution is 0.0523. The molecule has 0 amide bonds. The molecule has 2 rings (SSSR count). The molecular weight excluding hydrogens is 354 g/mol. The molecule has 0 saturated heterocycles. The highest BCUT2D eigenvalue weighted by molar-refractivity contribution is 9.10. The van der Waals surface area contributed by atoms with Gasteiger partial charge in [-0.2, -0.15) is 5.10 Å². The molecule has 1 aromatic heterocycles. The molecule has 2 N–H and O–H groups in total. The third-order valence-corrected chi connectivity index (χ3v) is 4.10. The summed E-state index contributed by atoms with van der Waals surface area (Å²) in [4.78, 5) is 12.1. The molecule has 5 nitrogen and oxygen atoms in total. The summed E-state index contributed by atoms with van der Waals surface area (Å²) in [5.74, 6) is 0.657. The highest BCUT2D eigenvalue weighted by Gasteiger charge is 2.24. The minimum atomic E-state index is -0.436. The molecule has 0 radical (unpaired) electrons. The summed E-state index contributed by atoms with van der Waals surface area (Å²) in [6, 6.07) is 7.55. The fraction of sp³-hybridized carbons (Fsp3) is 0.286. The zero-order valence-corrected chi connectivity index (χ0v) is 14.2. The van der Waals surface area contributed by atoms with Crippen molar-refractivity contribution in [1.82, 2.24) is 9.78 Å². The molecular formula is C14H16BrN3O2S. The van der Waals surface area contributed by atoms with Crippen LogP contribution in [-0.4, -0.2) is 28.1 Å². The van der Waals surface area contributed by atoms with E-state index >= 15 is 0 Å². The standard InChI is InChI=1S/C14H16BrN3O2S/c1-3-20-14(19)11-12(16)18(17-13(11)21-4-2)10-7-5-9(15)6-8-10/h5-8H,3-4,16H2,1-2H3. The first-order chi connectivity index (χ1) is 10.1. The van der Waals surface area contributed by atoms with E-state index in [9.17, 15) is 4.79 Å². The lowest BCUT2D eigenvalue weighted by Crippen LogP contribution is -2.09. The maximum atomic E-state index is 12.1. The Hall–Kier alpha value is -1.47. The molecule has 0 unspecified atom stereocenters. The van der Waals surface area contributed by atoms with Crippen LogP contribution in [0.5, 0.6) is 0 Å². The number of rotatable bonds is 5. The van der Waals surface area contributed by atoms with E-state index < -0.39 is 5.97 Å². The number of aromatic nitrogens is 2. The summed E-state index contributed by atoms with van der Waals surface area (Å²) >= 11 is 4.85. The summed E-state index contributed by atoms with van der Waals surface area (Å²) in [6.07, 6.45) is 0. The van der Waals surface area contributed by atoms with Crippen molar-refractivity contribution in [2.24, 2.45) is 0 Å². The molecule has 0 aliphatic carbocycles. The summed E-state index contributed by atoms with van der Waals surface area (Å²) in [5.41, 5.74) is 7.25. The number of carbonyl (C=O) groups is 1. The van der Waals surface area contributed by atoms with Crippen LogP contribution in [0.2, 0.25) is 0 Å². The Kier molecular flexibility index (Phi) is 5.30. The average Bonchev–Trinajstić information content (AvgIpc) is 2.77. The Morgan fingerprint density at radius 1 is 1.38 bits per heavy atom. The Labute approximate surface area is 136 Å². The van der Waals surface area contributed by atoms with Crippen LogP contribution in [0.4, 0.5) is 5.82 Å². The molecule has 0 aliphatic rings. The van der Waals surface area contributed by atoms with Gasteiger partial charge >= 0.3 is 5.97 Å². The number of anilines is 1. The van der Waals surface area contributed by atoms with Crippen LogP contribution in [0.1, 0.15) is 24.2 Å². The number of thioether (sulfide) groups is 1. The Morgan fingerprint density at radius 3 is 2.62 bits per heavy atom. The monoisotopic (exact) mass is 369 g/mol. The number of hydrogen-bond donors (Lipinski definition) is 1. The number of nitrogen functional groups attached to an aromatic ring is 1. The molecule has 112 valence electrons. The Balaban J connectivity index is 2.50. The van der Waals surface area contributed by atoms with E-state index in [1.54, 1.807) is 11.6 Å². The Bertz CT molecular complexity index is 640. The zero-order chi connectivity index (χ0) is 15.4. The fourth-order valence-electron chi connectivity index (χ4n) is 1.82. The summed E-state index contributed by atoms with van der Waals surface area (Å²) < 4.78 is 7.60. The second kappa shape index (κ2) is 7.00. The van der Waals surface area contributed by atoms with Crippen LogP contribution >= 0.6 is 27.7 Å². The number of halogens is 1. The SMILES string of the molecule is CCOC(=O)c1c(SCC)nn(-c2ccc(Br)cc2)c1N. The predicted octanol–water partition coefficient (Wildman–Crippen LogP) is 3.51. The molecule has 21 heavy (non-hydrogen) atoms. The second-order valence-corrected chi connectivity index (χ2v) is 6.28. The van der Waals surface area contributed by atoms with Gasteiger partial charge in [0.15, 0.2) is 0 Å². The van der Waals surface area contributed by atoms with Crippen molar-refractivity contribution >= 4 is 39.5 Å². The van der Waals surface area contributed by atoms with Gasteiger partial charge in [-0.05, 0) is 36.9 Å². The molecule has 1 aromatic carbocycles. The van der Waals surface area contributed by atoms with Gasteiger partial charge in [-0.25, -0.2) is 9.48 Å². The van der Waals surface area contributed by atoms with Crippen LogP contribution in [-0.2, 0) is 4.74 Å². The van der Waals surface area contributed by atoms with Crippen molar-refractivity contribution in [1.29, 1.82) is 0 Å². The summed E-state index contributed by atoms with van der Waals surface area (Å²) in [5, 5.41) is 5.04. The minimum absolute atomic E-state index is 0.298. The highest BCUT2D eigenvalue weighted by atomic mass is 79.9. The van der Waals surface area contributed by atoms with E-state index in [4.69, 9.17) is 10.5 Å². The minimum Gasteiger partial charge on any atom is -0.462 e. The van der Waals surface area contributed by atoms with Crippen LogP contribution in [0, 0.1) is 0 Å². The van der Waals surface area contributed by atoms with Gasteiger partial charge in [-0.1, -0.05) is 22.9 Å². The average molecular weight is 370 g/mol. The van der Waals surface area contributed by atoms with E-state index in [2.05, 4.69) is 21.0 Å². The van der Waals surface area contributed by atoms with Gasteiger partial charge in [-0.3, -0.25) is 0 Å². The third kappa shape index (κ3) is 3.41. The molecule has 0 bridgehead atoms. The van der Waals surface area contributed by atoms with Gasteiger partial charge in [0.2, 0.25) is 0 Å². The maximum Gasteiger partial charge on any atom is 0.344 e. The van der Waals surface area contributed by atoms with Crippen molar-refractivity contribution in [3.05, 3.63) is 34.3 Å². The smallest absolute Gasteiger partial charge is 0.344 e. The molecule has 0 aliphatic heterocycles. The van der Waals surface area contributed by atoms with Gasteiger partial charge in [-0.15, -0.1) is 11.8 Å². The van der Waals surface area contributed by atoms with E-state index in [0.29, 0.717) is 23.0 Å². The topological polar surface area (TPSA) is 70.1 Å². The van der Waals surface area contributed by atoms with E-state index in [1.165, 1.54) is 11.8 Å². The molecule has 7 heteroatoms. The van der Waals surface area contributed by atoms with E-state index in [1.807, 2.05) is 31.2 Å². The van der Waals surface area contributed by atoms with Gasteiger partial charge < -0.3 is 10.5 Å². The number of hydrogen-bond acceptors (Lipinski definition) is 5. The largest absolute Gasteiger partial charge is 0.462 e. The number of esters is 1. The van der Waals surface area contributed by atoms with Crippen LogP contribution in [0.3, 0.4) is 0 Å². The number of nitrogens with zero attached hydrogens (tertiary/aromatic N) is 2. The third-order valence-electron chi connectivity index (χ3n) is 2.72. The fourth-order valence-corrected chi connectivity index (χ4v) is 2.83. The lowest BCUT2D eigenvalue weighted by Gasteiger charge is -2.05. The first-order valence-electron chi connectivity index (χ1n) is 6.52. The molecule has 0 fully saturated rings. The van der Waals surface area contributed by atoms with Crippen LogP contribution < -0.4 is 5.73 Å². The van der Waals surface area contributed by atoms with Crippen LogP contribution in [0.25, 0.3) is 5.69 Å². The summed E-state index contributed by atoms with van der Waals surface area (Å²) in [7, 11) is 0. The number of ether oxygens (including phenoxy) is 1. The van der Waals surface area contributed by atoms with Crippen molar-refractivity contribution in [3.63, 3.8) is 0 Å². The molecule has 2 aromatic rings. The Morgan fingerprint density at radius 2 is 2.05 bits per heavy atom. The first kappa shape index (κ1) is 15.9. The van der Waals surface area contributed by atoms with E-state index in [-0.39, 0.29) is 0 Å².